The molecule has 1 unspecified atom stereocenters. The zero-order chi connectivity index (χ0) is 17.2. The van der Waals surface area contributed by atoms with E-state index < -0.39 is 0 Å². The van der Waals surface area contributed by atoms with Crippen molar-refractivity contribution in [2.45, 2.75) is 31.8 Å². The molecule has 25 heavy (non-hydrogen) atoms. The fraction of sp³-hybridized carbons (Fsp3) is 0.421. The first-order valence-electron chi connectivity index (χ1n) is 8.83. The van der Waals surface area contributed by atoms with Crippen LogP contribution in [-0.2, 0) is 11.3 Å². The van der Waals surface area contributed by atoms with Gasteiger partial charge in [-0.1, -0.05) is 12.1 Å². The van der Waals surface area contributed by atoms with Crippen molar-refractivity contribution in [3.05, 3.63) is 53.9 Å². The van der Waals surface area contributed by atoms with Gasteiger partial charge in [0, 0.05) is 49.4 Å². The predicted molar refractivity (Wildman–Crippen MR) is 92.9 cm³/mol. The molecule has 6 nitrogen and oxygen atoms in total. The van der Waals surface area contributed by atoms with Crippen LogP contribution in [0.3, 0.4) is 0 Å². The first kappa shape index (κ1) is 15.9. The molecular formula is C19H22N4O2. The second-order valence-electron chi connectivity index (χ2n) is 6.96. The number of nitrogens with one attached hydrogen (secondary N) is 1. The van der Waals surface area contributed by atoms with E-state index in [-0.39, 0.29) is 17.7 Å². The summed E-state index contributed by atoms with van der Waals surface area (Å²) in [6.07, 6.45) is 6.46. The Labute approximate surface area is 146 Å². The highest BCUT2D eigenvalue weighted by Gasteiger charge is 2.39. The average Bonchev–Trinajstić information content (AvgIpc) is 3.20. The monoisotopic (exact) mass is 338 g/mol. The van der Waals surface area contributed by atoms with Gasteiger partial charge < -0.3 is 10.2 Å². The van der Waals surface area contributed by atoms with Crippen molar-refractivity contribution in [1.82, 2.24) is 20.0 Å². The van der Waals surface area contributed by atoms with Crippen LogP contribution in [-0.4, -0.2) is 45.6 Å². The van der Waals surface area contributed by atoms with Crippen LogP contribution in [0.15, 0.2) is 42.7 Å². The summed E-state index contributed by atoms with van der Waals surface area (Å²) in [7, 11) is 0. The van der Waals surface area contributed by atoms with Gasteiger partial charge in [-0.05, 0) is 36.6 Å². The molecule has 2 amide bonds. The molecule has 2 aromatic rings. The number of nitrogens with zero attached hydrogens (tertiary/aromatic N) is 3. The quantitative estimate of drug-likeness (QED) is 0.871. The minimum Gasteiger partial charge on any atom is -0.352 e. The molecule has 0 bridgehead atoms. The number of benzene rings is 1. The van der Waals surface area contributed by atoms with Crippen molar-refractivity contribution in [2.24, 2.45) is 5.92 Å². The molecule has 1 aliphatic carbocycles. The van der Waals surface area contributed by atoms with E-state index in [1.807, 2.05) is 46.1 Å². The summed E-state index contributed by atoms with van der Waals surface area (Å²) >= 11 is 0. The zero-order valence-corrected chi connectivity index (χ0v) is 14.1. The van der Waals surface area contributed by atoms with Gasteiger partial charge in [0.25, 0.3) is 5.91 Å². The van der Waals surface area contributed by atoms with Gasteiger partial charge in [0.05, 0.1) is 6.54 Å². The van der Waals surface area contributed by atoms with Crippen LogP contribution in [0.4, 0.5) is 0 Å². The normalized spacial score (nSPS) is 20.1. The third-order valence-corrected chi connectivity index (χ3v) is 4.87. The largest absolute Gasteiger partial charge is 0.352 e. The number of hydrogen-bond acceptors (Lipinski definition) is 3. The van der Waals surface area contributed by atoms with Crippen molar-refractivity contribution in [3.63, 3.8) is 0 Å². The van der Waals surface area contributed by atoms with E-state index in [1.165, 1.54) is 0 Å². The summed E-state index contributed by atoms with van der Waals surface area (Å²) in [5.41, 5.74) is 1.68. The molecule has 6 heteroatoms. The van der Waals surface area contributed by atoms with Crippen LogP contribution >= 0.6 is 0 Å². The highest BCUT2D eigenvalue weighted by Crippen LogP contribution is 2.32. The summed E-state index contributed by atoms with van der Waals surface area (Å²) in [5, 5.41) is 7.17. The number of aromatic nitrogens is 2. The lowest BCUT2D eigenvalue weighted by Gasteiger charge is -2.15. The maximum Gasteiger partial charge on any atom is 0.251 e. The molecule has 1 aliphatic heterocycles. The van der Waals surface area contributed by atoms with E-state index in [4.69, 9.17) is 0 Å². The molecule has 2 heterocycles. The highest BCUT2D eigenvalue weighted by molar-refractivity contribution is 5.94. The molecule has 1 saturated carbocycles. The van der Waals surface area contributed by atoms with Gasteiger partial charge in [0.2, 0.25) is 5.91 Å². The number of carbonyl (C=O) groups excluding carboxylic acids is 2. The molecule has 1 aromatic heterocycles. The lowest BCUT2D eigenvalue weighted by Crippen LogP contribution is -2.32. The van der Waals surface area contributed by atoms with E-state index in [9.17, 15) is 9.59 Å². The van der Waals surface area contributed by atoms with Crippen molar-refractivity contribution >= 4 is 11.8 Å². The maximum atomic E-state index is 12.4. The third-order valence-electron chi connectivity index (χ3n) is 4.87. The Balaban J connectivity index is 1.32. The lowest BCUT2D eigenvalue weighted by molar-refractivity contribution is -0.128. The summed E-state index contributed by atoms with van der Waals surface area (Å²) in [6.45, 7) is 1.97. The second-order valence-corrected chi connectivity index (χ2v) is 6.96. The summed E-state index contributed by atoms with van der Waals surface area (Å²) < 4.78 is 1.83. The molecular weight excluding hydrogens is 316 g/mol. The first-order chi connectivity index (χ1) is 12.2. The standard InChI is InChI=1S/C19H22N4O2/c24-18-10-15(13-23(18)17-5-6-17)11-20-19(25)16-4-1-3-14(9-16)12-22-8-2-7-21-22/h1-4,7-9,15,17H,5-6,10-13H2,(H,20,25). The number of likely N-dealkylation sites (tertiary alicyclic amines) is 1. The van der Waals surface area contributed by atoms with E-state index >= 15 is 0 Å². The Hall–Kier alpha value is -2.63. The van der Waals surface area contributed by atoms with E-state index in [0.717, 1.165) is 24.9 Å². The van der Waals surface area contributed by atoms with Crippen LogP contribution < -0.4 is 5.32 Å². The number of hydrogen-bond donors (Lipinski definition) is 1. The molecule has 1 saturated heterocycles. The summed E-state index contributed by atoms with van der Waals surface area (Å²) in [6, 6.07) is 9.94. The number of amides is 2. The van der Waals surface area contributed by atoms with Crippen molar-refractivity contribution in [1.29, 1.82) is 0 Å². The van der Waals surface area contributed by atoms with Gasteiger partial charge in [-0.25, -0.2) is 0 Å². The van der Waals surface area contributed by atoms with Crippen molar-refractivity contribution in [3.8, 4) is 0 Å². The number of carbonyl (C=O) groups is 2. The molecule has 0 spiro atoms. The van der Waals surface area contributed by atoms with Crippen LogP contribution in [0.1, 0.15) is 35.2 Å². The first-order valence-corrected chi connectivity index (χ1v) is 8.83. The van der Waals surface area contributed by atoms with Crippen molar-refractivity contribution in [2.75, 3.05) is 13.1 Å². The maximum absolute atomic E-state index is 12.4. The van der Waals surface area contributed by atoms with Gasteiger partial charge in [-0.2, -0.15) is 5.10 Å². The molecule has 1 aromatic carbocycles. The molecule has 1 N–H and O–H groups in total. The topological polar surface area (TPSA) is 67.2 Å². The van der Waals surface area contributed by atoms with Crippen molar-refractivity contribution < 1.29 is 9.59 Å². The van der Waals surface area contributed by atoms with Crippen LogP contribution in [0.5, 0.6) is 0 Å². The van der Waals surface area contributed by atoms with Gasteiger partial charge in [-0.3, -0.25) is 14.3 Å². The molecule has 2 aliphatic rings. The SMILES string of the molecule is O=C(NCC1CC(=O)N(C2CC2)C1)c1cccc(Cn2cccn2)c1. The van der Waals surface area contributed by atoms with Crippen LogP contribution in [0.25, 0.3) is 0 Å². The smallest absolute Gasteiger partial charge is 0.251 e. The minimum absolute atomic E-state index is 0.0837. The molecule has 1 atom stereocenters. The van der Waals surface area contributed by atoms with Gasteiger partial charge >= 0.3 is 0 Å². The van der Waals surface area contributed by atoms with Gasteiger partial charge in [0.1, 0.15) is 0 Å². The van der Waals surface area contributed by atoms with E-state index in [2.05, 4.69) is 10.4 Å². The van der Waals surface area contributed by atoms with Gasteiger partial charge in [-0.15, -0.1) is 0 Å². The Kier molecular flexibility index (Phi) is 4.26. The number of rotatable bonds is 6. The summed E-state index contributed by atoms with van der Waals surface area (Å²) in [5.74, 6) is 0.381. The highest BCUT2D eigenvalue weighted by atomic mass is 16.2. The van der Waals surface area contributed by atoms with E-state index in [0.29, 0.717) is 31.1 Å². The van der Waals surface area contributed by atoms with Crippen LogP contribution in [0, 0.1) is 5.92 Å². The Morgan fingerprint density at radius 2 is 2.16 bits per heavy atom. The Morgan fingerprint density at radius 1 is 1.28 bits per heavy atom. The average molecular weight is 338 g/mol. The van der Waals surface area contributed by atoms with Gasteiger partial charge in [0.15, 0.2) is 0 Å². The fourth-order valence-corrected chi connectivity index (χ4v) is 3.42. The second kappa shape index (κ2) is 6.70. The zero-order valence-electron chi connectivity index (χ0n) is 14.1. The molecule has 4 rings (SSSR count). The summed E-state index contributed by atoms with van der Waals surface area (Å²) in [4.78, 5) is 26.4. The van der Waals surface area contributed by atoms with E-state index in [1.54, 1.807) is 6.20 Å². The lowest BCUT2D eigenvalue weighted by atomic mass is 10.1. The minimum atomic E-state index is -0.0837. The fourth-order valence-electron chi connectivity index (χ4n) is 3.42. The van der Waals surface area contributed by atoms with Crippen LogP contribution in [0.2, 0.25) is 0 Å². The Bertz CT molecular complexity index is 767. The third kappa shape index (κ3) is 3.73. The predicted octanol–water partition coefficient (Wildman–Crippen LogP) is 1.67. The molecule has 2 fully saturated rings. The Morgan fingerprint density at radius 3 is 2.92 bits per heavy atom. The molecule has 130 valence electrons. The molecule has 0 radical (unpaired) electrons.